The Balaban J connectivity index is -0.0000000200. The smallest absolute Gasteiger partial charge is 0 e. The zero-order valence-corrected chi connectivity index (χ0v) is 9.82. The molecule has 0 amide bonds. The van der Waals surface area contributed by atoms with Gasteiger partial charge in [-0.25, -0.2) is 0 Å². The largest absolute Gasteiger partial charge is 0.539 e. The molecule has 4 heteroatoms. The summed E-state index contributed by atoms with van der Waals surface area (Å²) in [6.45, 7) is 0. The Morgan fingerprint density at radius 2 is 1.20 bits per heavy atom. The second kappa shape index (κ2) is 106. The van der Waals surface area contributed by atoms with Crippen molar-refractivity contribution in [2.75, 3.05) is 0 Å². The van der Waals surface area contributed by atoms with Crippen LogP contribution in [0.5, 0.6) is 0 Å². The van der Waals surface area contributed by atoms with Crippen LogP contribution in [0, 0.1) is 6.79 Å². The van der Waals surface area contributed by atoms with Crippen LogP contribution >= 0.6 is 0 Å². The van der Waals surface area contributed by atoms with Crippen LogP contribution in [0.15, 0.2) is 0 Å². The molecule has 2 N–H and O–H groups in total. The molecule has 0 rings (SSSR count). The molecule has 0 aliphatic rings. The first kappa shape index (κ1) is 25.3. The van der Waals surface area contributed by atoms with Crippen molar-refractivity contribution in [2.45, 2.75) is 0 Å². The molecular weight excluding hydrogens is 375 g/mol. The van der Waals surface area contributed by atoms with E-state index in [2.05, 4.69) is 0 Å². The first-order valence-corrected chi connectivity index (χ1v) is 0.516. The van der Waals surface area contributed by atoms with E-state index in [0.717, 1.165) is 0 Å². The van der Waals surface area contributed by atoms with Crippen molar-refractivity contribution in [3.8, 4) is 0 Å². The van der Waals surface area contributed by atoms with Gasteiger partial charge >= 0.3 is 0 Å². The van der Waals surface area contributed by atoms with Crippen molar-refractivity contribution >= 4 is 0 Å². The van der Waals surface area contributed by atoms with E-state index in [4.69, 9.17) is 10.2 Å². The minimum atomic E-state index is 0. The maximum absolute atomic E-state index is 7.00. The van der Waals surface area contributed by atoms with Crippen LogP contribution in [-0.2, 0) is 17.1 Å². The second-order valence-electron chi connectivity index (χ2n) is 0.115. The van der Waals surface area contributed by atoms with Gasteiger partial charge in [-0.2, -0.15) is 0 Å². The Morgan fingerprint density at radius 1 is 1.20 bits per heavy atom. The number of hydrogen-bond acceptors (Lipinski definition) is 2. The van der Waals surface area contributed by atoms with E-state index < -0.39 is 0 Å². The fourth-order valence-electron chi connectivity index (χ4n) is 0. The zero-order valence-electron chi connectivity index (χ0n) is 2.48. The van der Waals surface area contributed by atoms with Crippen molar-refractivity contribution in [3.63, 3.8) is 0 Å². The van der Waals surface area contributed by atoms with Gasteiger partial charge in [0, 0.05) is 17.1 Å². The molecule has 5 heavy (non-hydrogen) atoms. The first-order chi connectivity index (χ1) is 1.41. The van der Waals surface area contributed by atoms with Gasteiger partial charge in [0.15, 0.2) is 0 Å². The second-order valence-corrected chi connectivity index (χ2v) is 0.115. The number of hydrogen-bond donors (Lipinski definition) is 2. The molecule has 0 aliphatic heterocycles. The summed E-state index contributed by atoms with van der Waals surface area (Å²) in [4.78, 5) is 0. The van der Waals surface area contributed by atoms with Crippen LogP contribution in [0.25, 0.3) is 0 Å². The molecular formula is CH3CuO2Rf-. The van der Waals surface area contributed by atoms with Gasteiger partial charge in [-0.1, -0.05) is 0 Å². The van der Waals surface area contributed by atoms with Crippen molar-refractivity contribution in [2.24, 2.45) is 0 Å². The van der Waals surface area contributed by atoms with Crippen molar-refractivity contribution < 1.29 is 27.3 Å². The SMILES string of the molecule is O[CH-]O.[Cu].[Rf]. The Morgan fingerprint density at radius 3 is 1.20 bits per heavy atom. The van der Waals surface area contributed by atoms with Gasteiger partial charge in [0.1, 0.15) is 0 Å². The van der Waals surface area contributed by atoms with Crippen LogP contribution in [0.2, 0.25) is 0 Å². The van der Waals surface area contributed by atoms with Crippen molar-refractivity contribution in [1.82, 2.24) is 0 Å². The molecule has 0 bridgehead atoms. The van der Waals surface area contributed by atoms with Crippen molar-refractivity contribution in [3.05, 3.63) is 6.79 Å². The molecule has 0 spiro atoms. The average molecular weight is 378 g/mol. The van der Waals surface area contributed by atoms with Crippen LogP contribution in [0.1, 0.15) is 0 Å². The fourth-order valence-corrected chi connectivity index (χ4v) is 0. The van der Waals surface area contributed by atoms with Gasteiger partial charge in [-0.15, -0.1) is 6.79 Å². The summed E-state index contributed by atoms with van der Waals surface area (Å²) >= 11 is 0. The van der Waals surface area contributed by atoms with Gasteiger partial charge in [-0.3, -0.25) is 0 Å². The topological polar surface area (TPSA) is 40.5 Å². The molecule has 0 atom stereocenters. The van der Waals surface area contributed by atoms with E-state index in [0.29, 0.717) is 0 Å². The normalized spacial score (nSPS) is 3.60. The maximum atomic E-state index is 7.00. The third-order valence-corrected chi connectivity index (χ3v) is 0. The molecule has 0 saturated carbocycles. The Labute approximate surface area is 34.9 Å². The van der Waals surface area contributed by atoms with E-state index in [1.54, 1.807) is 0 Å². The van der Waals surface area contributed by atoms with Crippen LogP contribution in [0.3, 0.4) is 0 Å². The number of rotatable bonds is 0. The van der Waals surface area contributed by atoms with Gasteiger partial charge < -0.3 is 10.2 Å². The standard InChI is InChI=1S/CH3O2.Cu.Rf/c2-1-3;;/h1-3H;;/q-1;;. The minimum absolute atomic E-state index is 0. The van der Waals surface area contributed by atoms with Gasteiger partial charge in [0.25, 0.3) is 0 Å². The van der Waals surface area contributed by atoms with Crippen molar-refractivity contribution in [1.29, 1.82) is 0 Å². The molecule has 0 aromatic rings. The van der Waals surface area contributed by atoms with E-state index in [1.807, 2.05) is 0 Å². The Kier molecular flexibility index (Phi) is 537. The summed E-state index contributed by atoms with van der Waals surface area (Å²) in [5.74, 6) is 0. The molecule has 0 aliphatic carbocycles. The quantitative estimate of drug-likeness (QED) is 0.455. The van der Waals surface area contributed by atoms with E-state index in [9.17, 15) is 0 Å². The molecule has 0 saturated heterocycles. The van der Waals surface area contributed by atoms with Crippen LogP contribution < -0.4 is 0 Å². The zero-order chi connectivity index (χ0) is 2.71. The first-order valence-electron chi connectivity index (χ1n) is 0.516. The number of aliphatic hydroxyl groups is 2. The van der Waals surface area contributed by atoms with Gasteiger partial charge in [0.2, 0.25) is 0 Å². The summed E-state index contributed by atoms with van der Waals surface area (Å²) in [7, 11) is 0. The van der Waals surface area contributed by atoms with E-state index in [1.165, 1.54) is 0 Å². The third kappa shape index (κ3) is 22.7. The molecule has 2 nitrogen and oxygen atoms in total. The summed E-state index contributed by atoms with van der Waals surface area (Å²) in [5, 5.41) is 14.0. The van der Waals surface area contributed by atoms with Gasteiger partial charge in [-0.05, 0) is 0 Å². The molecule has 0 unspecified atom stereocenters. The Hall–Kier alpha value is -0.561. The molecule has 0 heterocycles. The van der Waals surface area contributed by atoms with Crippen LogP contribution in [-0.4, -0.2) is 10.2 Å². The molecule has 33 valence electrons. The monoisotopic (exact) mass is 377 g/mol. The summed E-state index contributed by atoms with van der Waals surface area (Å²) < 4.78 is 0. The van der Waals surface area contributed by atoms with Crippen LogP contribution in [0.4, 0.5) is 0 Å². The number of aliphatic hydroxyl groups excluding tert-OH is 1. The van der Waals surface area contributed by atoms with E-state index in [-0.39, 0.29) is 23.9 Å². The Bertz CT molecular complexity index is 9.61. The molecule has 0 fully saturated rings. The minimum Gasteiger partial charge on any atom is -0.539 e. The molecule has 1 radical (unpaired) electrons. The predicted octanol–water partition coefficient (Wildman–Crippen LogP) is -0.152. The molecule has 0 aromatic heterocycles. The van der Waals surface area contributed by atoms with Gasteiger partial charge in [0.05, 0.1) is 0 Å². The fraction of sp³-hybridized carbons (Fsp3) is 0. The molecule has 0 aromatic carbocycles. The maximum Gasteiger partial charge on any atom is 0 e. The van der Waals surface area contributed by atoms with E-state index >= 15 is 0 Å². The summed E-state index contributed by atoms with van der Waals surface area (Å²) in [5.41, 5.74) is 0. The predicted molar refractivity (Wildman–Crippen MR) is 8.17 cm³/mol. The third-order valence-electron chi connectivity index (χ3n) is 0. The summed E-state index contributed by atoms with van der Waals surface area (Å²) in [6.07, 6.45) is 0. The summed E-state index contributed by atoms with van der Waals surface area (Å²) in [6, 6.07) is 0. The average Bonchev–Trinajstić information content (AvgIpc) is 0.918.